The fourth-order valence-corrected chi connectivity index (χ4v) is 2.29. The first-order valence-corrected chi connectivity index (χ1v) is 7.62. The highest BCUT2D eigenvalue weighted by Crippen LogP contribution is 2.31. The number of allylic oxidation sites excluding steroid dienone is 1. The first-order chi connectivity index (χ1) is 12.4. The normalized spacial score (nSPS) is 24.5. The molecule has 1 aliphatic rings. The summed E-state index contributed by atoms with van der Waals surface area (Å²) >= 11 is 0. The molecule has 140 valence electrons. The number of esters is 3. The maximum absolute atomic E-state index is 11.8. The Morgan fingerprint density at radius 1 is 0.846 bits per heavy atom. The van der Waals surface area contributed by atoms with E-state index < -0.39 is 48.1 Å². The fourth-order valence-electron chi connectivity index (χ4n) is 2.29. The molecule has 0 aromatic heterocycles. The van der Waals surface area contributed by atoms with Gasteiger partial charge < -0.3 is 18.9 Å². The van der Waals surface area contributed by atoms with Crippen molar-refractivity contribution in [1.29, 1.82) is 0 Å². The van der Waals surface area contributed by atoms with Gasteiger partial charge in [0.2, 0.25) is 6.29 Å². The summed E-state index contributed by atoms with van der Waals surface area (Å²) in [5.41, 5.74) is 0. The molecule has 0 saturated carbocycles. The third kappa shape index (κ3) is 5.82. The van der Waals surface area contributed by atoms with E-state index in [1.807, 2.05) is 0 Å². The summed E-state index contributed by atoms with van der Waals surface area (Å²) in [4.78, 5) is 46.6. The number of hydrogen-bond acceptors (Lipinski definition) is 8. The minimum atomic E-state index is -1.22. The molecule has 0 aromatic rings. The molecular formula is C18H20O8. The number of hydrogen-bond donors (Lipinski definition) is 0. The summed E-state index contributed by atoms with van der Waals surface area (Å²) in [6.45, 7) is 13.0. The predicted octanol–water partition coefficient (Wildman–Crippen LogP) is 1.03. The van der Waals surface area contributed by atoms with Crippen molar-refractivity contribution in [3.63, 3.8) is 0 Å². The zero-order chi connectivity index (χ0) is 19.7. The fraction of sp³-hybridized carbons (Fsp3) is 0.333. The van der Waals surface area contributed by atoms with Gasteiger partial charge in [-0.1, -0.05) is 26.3 Å². The zero-order valence-corrected chi connectivity index (χ0v) is 14.1. The first kappa shape index (κ1) is 21.0. The standard InChI is InChI=1S/C18H20O8/c1-5-11(19)9-12-17(25-15(21)7-3)13(24-14(20)6-2)10-23-18(12)26-16(22)8-4/h5-8,12-13,17-18H,1-4,9-10H2/t12-,13+,17-,18?/m0/s1. The lowest BCUT2D eigenvalue weighted by molar-refractivity contribution is -0.251. The van der Waals surface area contributed by atoms with Crippen LogP contribution < -0.4 is 0 Å². The Morgan fingerprint density at radius 2 is 1.38 bits per heavy atom. The topological polar surface area (TPSA) is 105 Å². The Bertz CT molecular complexity index is 567. The predicted molar refractivity (Wildman–Crippen MR) is 89.5 cm³/mol. The van der Waals surface area contributed by atoms with Crippen molar-refractivity contribution in [2.24, 2.45) is 5.92 Å². The van der Waals surface area contributed by atoms with Crippen molar-refractivity contribution >= 4 is 23.7 Å². The van der Waals surface area contributed by atoms with Crippen LogP contribution in [0, 0.1) is 5.92 Å². The van der Waals surface area contributed by atoms with Crippen molar-refractivity contribution in [3.05, 3.63) is 50.6 Å². The van der Waals surface area contributed by atoms with Gasteiger partial charge in [0.25, 0.3) is 0 Å². The Labute approximate surface area is 150 Å². The average molecular weight is 364 g/mol. The molecule has 1 fully saturated rings. The van der Waals surface area contributed by atoms with E-state index in [2.05, 4.69) is 26.3 Å². The molecule has 0 aromatic carbocycles. The third-order valence-electron chi connectivity index (χ3n) is 3.48. The molecule has 0 spiro atoms. The van der Waals surface area contributed by atoms with Crippen LogP contribution in [0.2, 0.25) is 0 Å². The highest BCUT2D eigenvalue weighted by Gasteiger charge is 2.46. The highest BCUT2D eigenvalue weighted by atomic mass is 16.7. The van der Waals surface area contributed by atoms with Gasteiger partial charge in [-0.25, -0.2) is 14.4 Å². The van der Waals surface area contributed by atoms with Gasteiger partial charge in [-0.3, -0.25) is 4.79 Å². The van der Waals surface area contributed by atoms with E-state index in [4.69, 9.17) is 18.9 Å². The average Bonchev–Trinajstić information content (AvgIpc) is 2.65. The van der Waals surface area contributed by atoms with Crippen molar-refractivity contribution in [1.82, 2.24) is 0 Å². The van der Waals surface area contributed by atoms with Crippen LogP contribution in [0.4, 0.5) is 0 Å². The third-order valence-corrected chi connectivity index (χ3v) is 3.48. The molecule has 1 rings (SSSR count). The molecule has 0 bridgehead atoms. The summed E-state index contributed by atoms with van der Waals surface area (Å²) < 4.78 is 20.9. The van der Waals surface area contributed by atoms with Gasteiger partial charge in [-0.05, 0) is 6.08 Å². The molecule has 8 heteroatoms. The molecule has 1 saturated heterocycles. The van der Waals surface area contributed by atoms with Crippen molar-refractivity contribution in [3.8, 4) is 0 Å². The largest absolute Gasteiger partial charge is 0.455 e. The molecule has 8 nitrogen and oxygen atoms in total. The van der Waals surface area contributed by atoms with Gasteiger partial charge in [0.05, 0.1) is 12.5 Å². The van der Waals surface area contributed by atoms with E-state index in [-0.39, 0.29) is 13.0 Å². The molecule has 1 aliphatic heterocycles. The molecule has 0 amide bonds. The molecule has 26 heavy (non-hydrogen) atoms. The lowest BCUT2D eigenvalue weighted by atomic mass is 9.89. The molecule has 0 N–H and O–H groups in total. The summed E-state index contributed by atoms with van der Waals surface area (Å²) in [7, 11) is 0. The van der Waals surface area contributed by atoms with Gasteiger partial charge in [0.15, 0.2) is 18.0 Å². The summed E-state index contributed by atoms with van der Waals surface area (Å²) in [5, 5.41) is 0. The number of ether oxygens (including phenoxy) is 4. The minimum Gasteiger partial charge on any atom is -0.455 e. The second-order valence-corrected chi connectivity index (χ2v) is 5.17. The smallest absolute Gasteiger partial charge is 0.332 e. The maximum atomic E-state index is 11.8. The first-order valence-electron chi connectivity index (χ1n) is 7.62. The van der Waals surface area contributed by atoms with Crippen LogP contribution in [0.25, 0.3) is 0 Å². The van der Waals surface area contributed by atoms with Crippen LogP contribution >= 0.6 is 0 Å². The summed E-state index contributed by atoms with van der Waals surface area (Å²) in [5.74, 6) is -3.71. The lowest BCUT2D eigenvalue weighted by Crippen LogP contribution is -2.54. The van der Waals surface area contributed by atoms with Crippen LogP contribution in [0.5, 0.6) is 0 Å². The lowest BCUT2D eigenvalue weighted by Gasteiger charge is -2.40. The quantitative estimate of drug-likeness (QED) is 0.339. The van der Waals surface area contributed by atoms with Gasteiger partial charge in [-0.15, -0.1) is 0 Å². The Balaban J connectivity index is 3.18. The number of carbonyl (C=O) groups excluding carboxylic acids is 4. The van der Waals surface area contributed by atoms with Crippen LogP contribution in [0.15, 0.2) is 50.6 Å². The van der Waals surface area contributed by atoms with Gasteiger partial charge in [-0.2, -0.15) is 0 Å². The van der Waals surface area contributed by atoms with Gasteiger partial charge in [0.1, 0.15) is 0 Å². The zero-order valence-electron chi connectivity index (χ0n) is 14.1. The van der Waals surface area contributed by atoms with Gasteiger partial charge in [0, 0.05) is 24.6 Å². The maximum Gasteiger partial charge on any atom is 0.332 e. The molecule has 1 unspecified atom stereocenters. The van der Waals surface area contributed by atoms with Crippen LogP contribution in [0.1, 0.15) is 6.42 Å². The Hall–Kier alpha value is -3.00. The molecule has 0 aliphatic carbocycles. The monoisotopic (exact) mass is 364 g/mol. The molecule has 4 atom stereocenters. The number of carbonyl (C=O) groups is 4. The summed E-state index contributed by atoms with van der Waals surface area (Å²) in [6, 6.07) is 0. The van der Waals surface area contributed by atoms with Crippen molar-refractivity contribution in [2.45, 2.75) is 24.9 Å². The molecular weight excluding hydrogens is 344 g/mol. The van der Waals surface area contributed by atoms with E-state index >= 15 is 0 Å². The van der Waals surface area contributed by atoms with E-state index in [1.165, 1.54) is 0 Å². The van der Waals surface area contributed by atoms with E-state index in [0.717, 1.165) is 24.3 Å². The van der Waals surface area contributed by atoms with Crippen molar-refractivity contribution < 1.29 is 38.1 Å². The number of rotatable bonds is 9. The number of ketones is 1. The molecule has 0 radical (unpaired) electrons. The molecule has 1 heterocycles. The second kappa shape index (κ2) is 10.1. The van der Waals surface area contributed by atoms with Crippen LogP contribution in [-0.4, -0.2) is 48.8 Å². The summed E-state index contributed by atoms with van der Waals surface area (Å²) in [6.07, 6.45) is 0.234. The van der Waals surface area contributed by atoms with Crippen LogP contribution in [-0.2, 0) is 38.1 Å². The van der Waals surface area contributed by atoms with E-state index in [0.29, 0.717) is 0 Å². The second-order valence-electron chi connectivity index (χ2n) is 5.17. The van der Waals surface area contributed by atoms with E-state index in [1.54, 1.807) is 0 Å². The van der Waals surface area contributed by atoms with Gasteiger partial charge >= 0.3 is 17.9 Å². The Morgan fingerprint density at radius 3 is 1.92 bits per heavy atom. The van der Waals surface area contributed by atoms with Crippen LogP contribution in [0.3, 0.4) is 0 Å². The SMILES string of the molecule is C=CC(=O)C[C@@H]1C(OC(=O)C=C)OC[C@@H](OC(=O)C=C)[C@H]1OC(=O)C=C. The Kier molecular flexibility index (Phi) is 8.17. The minimum absolute atomic E-state index is 0.226. The van der Waals surface area contributed by atoms with E-state index in [9.17, 15) is 19.2 Å². The highest BCUT2D eigenvalue weighted by molar-refractivity contribution is 5.89. The van der Waals surface area contributed by atoms with Crippen molar-refractivity contribution in [2.75, 3.05) is 6.61 Å².